The van der Waals surface area contributed by atoms with Gasteiger partial charge in [0.15, 0.2) is 6.04 Å². The van der Waals surface area contributed by atoms with Gasteiger partial charge in [-0.3, -0.25) is 19.3 Å². The molecule has 3 amide bonds. The van der Waals surface area contributed by atoms with Crippen LogP contribution in [-0.2, 0) is 19.1 Å². The summed E-state index contributed by atoms with van der Waals surface area (Å²) in [6.45, 7) is 0.468. The highest BCUT2D eigenvalue weighted by molar-refractivity contribution is 6.41. The number of nitrogens with one attached hydrogen (secondary N) is 2. The number of carbonyl (C=O) groups excluding carboxylic acids is 3. The van der Waals surface area contributed by atoms with Crippen molar-refractivity contribution in [3.63, 3.8) is 0 Å². The Labute approximate surface area is 179 Å². The van der Waals surface area contributed by atoms with Crippen molar-refractivity contribution < 1.29 is 27.9 Å². The van der Waals surface area contributed by atoms with Crippen molar-refractivity contribution in [3.05, 3.63) is 54.2 Å². The Morgan fingerprint density at radius 1 is 1.19 bits per heavy atom. The highest BCUT2D eigenvalue weighted by Gasteiger charge is 2.38. The van der Waals surface area contributed by atoms with Gasteiger partial charge in [-0.1, -0.05) is 12.8 Å². The van der Waals surface area contributed by atoms with Gasteiger partial charge < -0.3 is 19.8 Å². The molecular weight excluding hydrogens is 405 g/mol. The zero-order valence-electron chi connectivity index (χ0n) is 17.3. The zero-order valence-corrected chi connectivity index (χ0v) is 17.3. The zero-order chi connectivity index (χ0) is 22.2. The minimum absolute atomic E-state index is 0.0795. The van der Waals surface area contributed by atoms with Crippen molar-refractivity contribution in [3.8, 4) is 0 Å². The Morgan fingerprint density at radius 3 is 2.52 bits per heavy atom. The molecule has 0 radical (unpaired) electrons. The van der Waals surface area contributed by atoms with Crippen LogP contribution in [0.15, 0.2) is 47.1 Å². The summed E-state index contributed by atoms with van der Waals surface area (Å²) in [6.07, 6.45) is 4.94. The molecule has 9 heteroatoms. The van der Waals surface area contributed by atoms with Gasteiger partial charge in [-0.05, 0) is 49.2 Å². The molecule has 31 heavy (non-hydrogen) atoms. The van der Waals surface area contributed by atoms with Crippen LogP contribution in [0.2, 0.25) is 0 Å². The maximum Gasteiger partial charge on any atom is 0.317 e. The SMILES string of the molecule is COCCNC(=O)[C@@H](c1ccco1)N(C(=O)C(=O)NC1CCCC1)c1ccc(F)cc1. The van der Waals surface area contributed by atoms with Crippen molar-refractivity contribution >= 4 is 23.4 Å². The molecular formula is C22H26FN3O5. The number of amides is 3. The molecule has 1 atom stereocenters. The van der Waals surface area contributed by atoms with E-state index in [0.29, 0.717) is 0 Å². The van der Waals surface area contributed by atoms with E-state index in [2.05, 4.69) is 10.6 Å². The molecule has 0 aliphatic heterocycles. The van der Waals surface area contributed by atoms with Crippen LogP contribution < -0.4 is 15.5 Å². The first kappa shape index (κ1) is 22.5. The summed E-state index contributed by atoms with van der Waals surface area (Å²) >= 11 is 0. The summed E-state index contributed by atoms with van der Waals surface area (Å²) in [5.41, 5.74) is 0.191. The number of anilines is 1. The third kappa shape index (κ3) is 5.69. The minimum Gasteiger partial charge on any atom is -0.467 e. The Bertz CT molecular complexity index is 879. The first-order chi connectivity index (χ1) is 15.0. The van der Waals surface area contributed by atoms with E-state index in [4.69, 9.17) is 9.15 Å². The fourth-order valence-corrected chi connectivity index (χ4v) is 3.61. The summed E-state index contributed by atoms with van der Waals surface area (Å²) in [6, 6.07) is 6.78. The Kier molecular flexibility index (Phi) is 7.77. The van der Waals surface area contributed by atoms with E-state index in [-0.39, 0.29) is 30.6 Å². The number of rotatable bonds is 8. The van der Waals surface area contributed by atoms with Crippen LogP contribution in [0.25, 0.3) is 0 Å². The molecule has 1 heterocycles. The number of hydrogen-bond donors (Lipinski definition) is 2. The average molecular weight is 431 g/mol. The number of carbonyl (C=O) groups is 3. The number of methoxy groups -OCH3 is 1. The molecule has 0 bridgehead atoms. The largest absolute Gasteiger partial charge is 0.467 e. The van der Waals surface area contributed by atoms with Gasteiger partial charge in [0.2, 0.25) is 0 Å². The van der Waals surface area contributed by atoms with E-state index >= 15 is 0 Å². The van der Waals surface area contributed by atoms with Crippen LogP contribution in [0.4, 0.5) is 10.1 Å². The average Bonchev–Trinajstić information content (AvgIpc) is 3.47. The molecule has 1 aromatic carbocycles. The van der Waals surface area contributed by atoms with Gasteiger partial charge in [-0.15, -0.1) is 0 Å². The van der Waals surface area contributed by atoms with Gasteiger partial charge in [0.05, 0.1) is 12.9 Å². The third-order valence-corrected chi connectivity index (χ3v) is 5.13. The van der Waals surface area contributed by atoms with Crippen LogP contribution in [0, 0.1) is 5.82 Å². The molecule has 8 nitrogen and oxygen atoms in total. The van der Waals surface area contributed by atoms with Gasteiger partial charge in [0.25, 0.3) is 5.91 Å². The number of halogens is 1. The van der Waals surface area contributed by atoms with Gasteiger partial charge in [-0.25, -0.2) is 4.39 Å². The quantitative estimate of drug-likeness (QED) is 0.494. The van der Waals surface area contributed by atoms with Crippen molar-refractivity contribution in [2.45, 2.75) is 37.8 Å². The highest BCUT2D eigenvalue weighted by Crippen LogP contribution is 2.29. The fraction of sp³-hybridized carbons (Fsp3) is 0.409. The van der Waals surface area contributed by atoms with Crippen LogP contribution >= 0.6 is 0 Å². The molecule has 2 N–H and O–H groups in total. The van der Waals surface area contributed by atoms with Crippen LogP contribution in [0.1, 0.15) is 37.5 Å². The molecule has 1 fully saturated rings. The van der Waals surface area contributed by atoms with Crippen LogP contribution in [-0.4, -0.2) is 44.0 Å². The molecule has 1 aliphatic carbocycles. The van der Waals surface area contributed by atoms with Gasteiger partial charge in [0, 0.05) is 25.4 Å². The predicted octanol–water partition coefficient (Wildman–Crippen LogP) is 2.31. The van der Waals surface area contributed by atoms with Gasteiger partial charge in [0.1, 0.15) is 11.6 Å². The second-order valence-corrected chi connectivity index (χ2v) is 7.31. The summed E-state index contributed by atoms with van der Waals surface area (Å²) in [5.74, 6) is -2.65. The van der Waals surface area contributed by atoms with E-state index in [1.807, 2.05) is 0 Å². The van der Waals surface area contributed by atoms with Crippen LogP contribution in [0.5, 0.6) is 0 Å². The Morgan fingerprint density at radius 2 is 1.90 bits per heavy atom. The lowest BCUT2D eigenvalue weighted by Gasteiger charge is -2.29. The van der Waals surface area contributed by atoms with Crippen LogP contribution in [0.3, 0.4) is 0 Å². The molecule has 1 aliphatic rings. The molecule has 0 unspecified atom stereocenters. The van der Waals surface area contributed by atoms with Crippen molar-refractivity contribution in [1.82, 2.24) is 10.6 Å². The second-order valence-electron chi connectivity index (χ2n) is 7.31. The number of furan rings is 1. The van der Waals surface area contributed by atoms with E-state index in [0.717, 1.165) is 42.7 Å². The first-order valence-corrected chi connectivity index (χ1v) is 10.2. The summed E-state index contributed by atoms with van der Waals surface area (Å²) in [4.78, 5) is 40.1. The smallest absolute Gasteiger partial charge is 0.317 e. The van der Waals surface area contributed by atoms with Crippen molar-refractivity contribution in [1.29, 1.82) is 0 Å². The lowest BCUT2D eigenvalue weighted by Crippen LogP contribution is -2.51. The van der Waals surface area contributed by atoms with Gasteiger partial charge in [-0.2, -0.15) is 0 Å². The monoisotopic (exact) mass is 431 g/mol. The fourth-order valence-electron chi connectivity index (χ4n) is 3.61. The first-order valence-electron chi connectivity index (χ1n) is 10.2. The topological polar surface area (TPSA) is 101 Å². The minimum atomic E-state index is -1.26. The number of nitrogens with zero attached hydrogens (tertiary/aromatic N) is 1. The number of hydrogen-bond acceptors (Lipinski definition) is 5. The van der Waals surface area contributed by atoms with E-state index in [9.17, 15) is 18.8 Å². The van der Waals surface area contributed by atoms with Gasteiger partial charge >= 0.3 is 11.8 Å². The maximum atomic E-state index is 13.5. The van der Waals surface area contributed by atoms with Crippen molar-refractivity contribution in [2.24, 2.45) is 0 Å². The predicted molar refractivity (Wildman–Crippen MR) is 111 cm³/mol. The highest BCUT2D eigenvalue weighted by atomic mass is 19.1. The molecule has 3 rings (SSSR count). The molecule has 0 saturated heterocycles. The summed E-state index contributed by atoms with van der Waals surface area (Å²) < 4.78 is 23.9. The molecule has 2 aromatic rings. The molecule has 0 spiro atoms. The van der Waals surface area contributed by atoms with Crippen molar-refractivity contribution in [2.75, 3.05) is 25.2 Å². The third-order valence-electron chi connectivity index (χ3n) is 5.13. The summed E-state index contributed by atoms with van der Waals surface area (Å²) in [7, 11) is 1.50. The second kappa shape index (κ2) is 10.7. The lowest BCUT2D eigenvalue weighted by atomic mass is 10.1. The lowest BCUT2D eigenvalue weighted by molar-refractivity contribution is -0.139. The van der Waals surface area contributed by atoms with E-state index in [1.165, 1.54) is 25.5 Å². The standard InChI is InChI=1S/C22H26FN3O5/c1-30-14-12-24-20(27)19(18-7-4-13-31-18)26(17-10-8-15(23)9-11-17)22(29)21(28)25-16-5-2-3-6-16/h4,7-11,13,16,19H,2-3,5-6,12,14H2,1H3,(H,24,27)(H,25,28)/t19-/m1/s1. The molecule has 166 valence electrons. The molecule has 1 aromatic heterocycles. The Balaban J connectivity index is 1.94. The van der Waals surface area contributed by atoms with E-state index < -0.39 is 29.6 Å². The summed E-state index contributed by atoms with van der Waals surface area (Å²) in [5, 5.41) is 5.42. The number of ether oxygens (including phenoxy) is 1. The normalized spacial score (nSPS) is 14.8. The number of benzene rings is 1. The van der Waals surface area contributed by atoms with E-state index in [1.54, 1.807) is 12.1 Å². The Hall–Kier alpha value is -3.20. The molecule has 1 saturated carbocycles. The maximum absolute atomic E-state index is 13.5.